The number of nitro benzene ring substituents is 1. The first-order valence-electron chi connectivity index (χ1n) is 7.50. The predicted molar refractivity (Wildman–Crippen MR) is 82.6 cm³/mol. The first kappa shape index (κ1) is 14.6. The Hall–Kier alpha value is -1.78. The van der Waals surface area contributed by atoms with Crippen LogP contribution >= 0.6 is 0 Å². The lowest BCUT2D eigenvalue weighted by molar-refractivity contribution is -0.383. The van der Waals surface area contributed by atoms with Crippen molar-refractivity contribution in [2.24, 2.45) is 0 Å². The summed E-state index contributed by atoms with van der Waals surface area (Å²) in [6.45, 7) is 4.64. The zero-order valence-electron chi connectivity index (χ0n) is 12.1. The maximum absolute atomic E-state index is 11.5. The fourth-order valence-electron chi connectivity index (χ4n) is 2.69. The van der Waals surface area contributed by atoms with Crippen molar-refractivity contribution in [2.75, 3.05) is 29.9 Å². The fraction of sp³-hybridized carbons (Fsp3) is 0.600. The lowest BCUT2D eigenvalue weighted by Gasteiger charge is -2.23. The van der Waals surface area contributed by atoms with Crippen molar-refractivity contribution >= 4 is 17.1 Å². The summed E-state index contributed by atoms with van der Waals surface area (Å²) in [5.41, 5.74) is 1.62. The highest BCUT2D eigenvalue weighted by Crippen LogP contribution is 2.36. The maximum atomic E-state index is 11.5. The highest BCUT2D eigenvalue weighted by Gasteiger charge is 2.24. The molecule has 1 heterocycles. The van der Waals surface area contributed by atoms with Crippen LogP contribution in [0.3, 0.4) is 0 Å². The van der Waals surface area contributed by atoms with Gasteiger partial charge >= 0.3 is 5.69 Å². The van der Waals surface area contributed by atoms with E-state index in [1.54, 1.807) is 6.07 Å². The minimum Gasteiger partial charge on any atom is -0.379 e. The molecule has 20 heavy (non-hydrogen) atoms. The number of rotatable bonds is 5. The van der Waals surface area contributed by atoms with E-state index < -0.39 is 0 Å². The van der Waals surface area contributed by atoms with Crippen LogP contribution in [-0.2, 0) is 0 Å². The Balaban J connectivity index is 2.32. The standard InChI is InChI=1S/C15H23N3O2/c1-2-10-16-13-8-7-9-14(15(13)18(19)20)17-11-5-3-4-6-12-17/h7-9,16H,2-6,10-12H2,1H3. The third-order valence-corrected chi connectivity index (χ3v) is 3.71. The van der Waals surface area contributed by atoms with Crippen molar-refractivity contribution < 1.29 is 4.92 Å². The summed E-state index contributed by atoms with van der Waals surface area (Å²) in [4.78, 5) is 13.4. The average molecular weight is 277 g/mol. The molecule has 5 nitrogen and oxygen atoms in total. The summed E-state index contributed by atoms with van der Waals surface area (Å²) in [6, 6.07) is 5.58. The quantitative estimate of drug-likeness (QED) is 0.657. The Morgan fingerprint density at radius 3 is 2.55 bits per heavy atom. The number of nitrogens with zero attached hydrogens (tertiary/aromatic N) is 2. The van der Waals surface area contributed by atoms with Crippen molar-refractivity contribution in [2.45, 2.75) is 39.0 Å². The van der Waals surface area contributed by atoms with Gasteiger partial charge in [-0.2, -0.15) is 0 Å². The van der Waals surface area contributed by atoms with Gasteiger partial charge in [0.15, 0.2) is 0 Å². The molecule has 110 valence electrons. The van der Waals surface area contributed by atoms with Gasteiger partial charge in [-0.3, -0.25) is 10.1 Å². The molecule has 1 aliphatic heterocycles. The van der Waals surface area contributed by atoms with Crippen LogP contribution in [0.25, 0.3) is 0 Å². The molecule has 0 saturated carbocycles. The number of nitro groups is 1. The second-order valence-electron chi connectivity index (χ2n) is 5.26. The van der Waals surface area contributed by atoms with Crippen molar-refractivity contribution in [3.63, 3.8) is 0 Å². The van der Waals surface area contributed by atoms with Gasteiger partial charge in [-0.15, -0.1) is 0 Å². The second kappa shape index (κ2) is 7.12. The summed E-state index contributed by atoms with van der Waals surface area (Å²) in [6.07, 6.45) is 5.62. The van der Waals surface area contributed by atoms with Crippen molar-refractivity contribution in [1.82, 2.24) is 0 Å². The average Bonchev–Trinajstić information content (AvgIpc) is 2.73. The monoisotopic (exact) mass is 277 g/mol. The Bertz CT molecular complexity index is 454. The van der Waals surface area contributed by atoms with Crippen LogP contribution in [0.5, 0.6) is 0 Å². The minimum absolute atomic E-state index is 0.225. The van der Waals surface area contributed by atoms with Crippen molar-refractivity contribution in [1.29, 1.82) is 0 Å². The molecular formula is C15H23N3O2. The second-order valence-corrected chi connectivity index (χ2v) is 5.26. The van der Waals surface area contributed by atoms with Crippen LogP contribution in [0.15, 0.2) is 18.2 Å². The van der Waals surface area contributed by atoms with Gasteiger partial charge in [0.25, 0.3) is 0 Å². The van der Waals surface area contributed by atoms with Gasteiger partial charge in [0.1, 0.15) is 11.4 Å². The molecule has 0 atom stereocenters. The van der Waals surface area contributed by atoms with Gasteiger partial charge in [0, 0.05) is 19.6 Å². The molecule has 1 N–H and O–H groups in total. The molecule has 1 fully saturated rings. The molecule has 1 aromatic rings. The minimum atomic E-state index is -0.252. The lowest BCUT2D eigenvalue weighted by atomic mass is 10.2. The van der Waals surface area contributed by atoms with Crippen LogP contribution in [0.2, 0.25) is 0 Å². The van der Waals surface area contributed by atoms with Crippen LogP contribution in [0.4, 0.5) is 17.1 Å². The smallest absolute Gasteiger partial charge is 0.315 e. The highest BCUT2D eigenvalue weighted by molar-refractivity contribution is 5.77. The molecule has 1 aliphatic rings. The molecule has 0 bridgehead atoms. The zero-order valence-corrected chi connectivity index (χ0v) is 12.1. The van der Waals surface area contributed by atoms with E-state index in [0.29, 0.717) is 5.69 Å². The molecule has 1 saturated heterocycles. The molecule has 0 radical (unpaired) electrons. The Morgan fingerprint density at radius 2 is 1.95 bits per heavy atom. The molecule has 1 aromatic carbocycles. The van der Waals surface area contributed by atoms with Gasteiger partial charge in [-0.1, -0.05) is 25.8 Å². The van der Waals surface area contributed by atoms with Crippen LogP contribution in [-0.4, -0.2) is 24.6 Å². The van der Waals surface area contributed by atoms with E-state index in [0.717, 1.165) is 44.6 Å². The number of benzene rings is 1. The largest absolute Gasteiger partial charge is 0.379 e. The first-order chi connectivity index (χ1) is 9.74. The van der Waals surface area contributed by atoms with Crippen molar-refractivity contribution in [3.05, 3.63) is 28.3 Å². The fourth-order valence-corrected chi connectivity index (χ4v) is 2.69. The molecule has 0 unspecified atom stereocenters. The maximum Gasteiger partial charge on any atom is 0.315 e. The zero-order chi connectivity index (χ0) is 14.4. The first-order valence-corrected chi connectivity index (χ1v) is 7.50. The van der Waals surface area contributed by atoms with Gasteiger partial charge < -0.3 is 10.2 Å². The lowest BCUT2D eigenvalue weighted by Crippen LogP contribution is -2.25. The van der Waals surface area contributed by atoms with E-state index in [4.69, 9.17) is 0 Å². The SMILES string of the molecule is CCCNc1cccc(N2CCCCCC2)c1[N+](=O)[O-]. The van der Waals surface area contributed by atoms with E-state index in [2.05, 4.69) is 17.1 Å². The van der Waals surface area contributed by atoms with Crippen LogP contribution < -0.4 is 10.2 Å². The number of hydrogen-bond acceptors (Lipinski definition) is 4. The number of para-hydroxylation sites is 1. The van der Waals surface area contributed by atoms with Gasteiger partial charge in [0.05, 0.1) is 4.92 Å². The summed E-state index contributed by atoms with van der Waals surface area (Å²) in [5, 5.41) is 14.6. The van der Waals surface area contributed by atoms with Crippen LogP contribution in [0, 0.1) is 10.1 Å². The molecule has 2 rings (SSSR count). The Morgan fingerprint density at radius 1 is 1.25 bits per heavy atom. The molecule has 0 aromatic heterocycles. The van der Waals surface area contributed by atoms with Gasteiger partial charge in [-0.25, -0.2) is 0 Å². The summed E-state index contributed by atoms with van der Waals surface area (Å²) in [5.74, 6) is 0. The van der Waals surface area contributed by atoms with E-state index >= 15 is 0 Å². The van der Waals surface area contributed by atoms with E-state index in [9.17, 15) is 10.1 Å². The Kier molecular flexibility index (Phi) is 5.21. The molecule has 0 amide bonds. The summed E-state index contributed by atoms with van der Waals surface area (Å²) >= 11 is 0. The van der Waals surface area contributed by atoms with Crippen molar-refractivity contribution in [3.8, 4) is 0 Å². The summed E-state index contributed by atoms with van der Waals surface area (Å²) < 4.78 is 0. The molecule has 5 heteroatoms. The predicted octanol–water partition coefficient (Wildman–Crippen LogP) is 3.80. The third-order valence-electron chi connectivity index (χ3n) is 3.71. The van der Waals surface area contributed by atoms with Crippen LogP contribution in [0.1, 0.15) is 39.0 Å². The van der Waals surface area contributed by atoms with Gasteiger partial charge in [0.2, 0.25) is 0 Å². The molecular weight excluding hydrogens is 254 g/mol. The molecule has 0 spiro atoms. The highest BCUT2D eigenvalue weighted by atomic mass is 16.6. The summed E-state index contributed by atoms with van der Waals surface area (Å²) in [7, 11) is 0. The number of nitrogens with one attached hydrogen (secondary N) is 1. The normalized spacial score (nSPS) is 15.8. The Labute approximate surface area is 120 Å². The molecule has 0 aliphatic carbocycles. The third kappa shape index (κ3) is 3.40. The van der Waals surface area contributed by atoms with E-state index in [1.165, 1.54) is 12.8 Å². The number of anilines is 2. The van der Waals surface area contributed by atoms with Gasteiger partial charge in [-0.05, 0) is 31.4 Å². The van der Waals surface area contributed by atoms with E-state index in [1.807, 2.05) is 12.1 Å². The topological polar surface area (TPSA) is 58.4 Å². The number of hydrogen-bond donors (Lipinski definition) is 1. The van der Waals surface area contributed by atoms with E-state index in [-0.39, 0.29) is 10.6 Å².